The van der Waals surface area contributed by atoms with E-state index in [9.17, 15) is 0 Å². The lowest BCUT2D eigenvalue weighted by atomic mass is 10.1. The highest BCUT2D eigenvalue weighted by atomic mass is 16.5. The number of rotatable bonds is 3. The van der Waals surface area contributed by atoms with Gasteiger partial charge in [0.1, 0.15) is 11.6 Å². The number of hydrogen-bond donors (Lipinski definition) is 1. The lowest BCUT2D eigenvalue weighted by Crippen LogP contribution is -1.99. The minimum Gasteiger partial charge on any atom is -0.436 e. The summed E-state index contributed by atoms with van der Waals surface area (Å²) in [4.78, 5) is 8.71. The third kappa shape index (κ3) is 2.30. The van der Waals surface area contributed by atoms with Crippen LogP contribution in [0, 0.1) is 13.8 Å². The van der Waals surface area contributed by atoms with Crippen molar-refractivity contribution in [1.29, 1.82) is 0 Å². The van der Waals surface area contributed by atoms with Gasteiger partial charge in [-0.25, -0.2) is 4.98 Å². The molecule has 0 spiro atoms. The van der Waals surface area contributed by atoms with Crippen LogP contribution in [0.25, 0.3) is 5.65 Å². The minimum atomic E-state index is 0.492. The zero-order chi connectivity index (χ0) is 14.1. The SMILES string of the molecule is CNc1cn2ccnc2c(Oc2cc(C)cc(C)c2)n1. The van der Waals surface area contributed by atoms with Gasteiger partial charge >= 0.3 is 0 Å². The molecule has 0 saturated heterocycles. The second-order valence-corrected chi connectivity index (χ2v) is 4.76. The normalized spacial score (nSPS) is 10.8. The van der Waals surface area contributed by atoms with Crippen molar-refractivity contribution >= 4 is 11.5 Å². The van der Waals surface area contributed by atoms with Crippen molar-refractivity contribution in [3.63, 3.8) is 0 Å². The predicted octanol–water partition coefficient (Wildman–Crippen LogP) is 3.18. The molecular formula is C15H16N4O. The van der Waals surface area contributed by atoms with Crippen LogP contribution >= 0.6 is 0 Å². The summed E-state index contributed by atoms with van der Waals surface area (Å²) < 4.78 is 7.81. The van der Waals surface area contributed by atoms with Crippen LogP contribution in [0.2, 0.25) is 0 Å². The van der Waals surface area contributed by atoms with Crippen molar-refractivity contribution in [3.05, 3.63) is 47.9 Å². The molecule has 102 valence electrons. The zero-order valence-corrected chi connectivity index (χ0v) is 11.7. The first-order valence-corrected chi connectivity index (χ1v) is 6.43. The van der Waals surface area contributed by atoms with Crippen LogP contribution < -0.4 is 10.1 Å². The maximum atomic E-state index is 5.92. The van der Waals surface area contributed by atoms with Gasteiger partial charge in [-0.2, -0.15) is 4.98 Å². The van der Waals surface area contributed by atoms with Crippen LogP contribution in [0.1, 0.15) is 11.1 Å². The molecule has 20 heavy (non-hydrogen) atoms. The summed E-state index contributed by atoms with van der Waals surface area (Å²) in [7, 11) is 1.83. The molecule has 0 saturated carbocycles. The number of aryl methyl sites for hydroxylation is 2. The van der Waals surface area contributed by atoms with Gasteiger partial charge in [0.05, 0.1) is 6.20 Å². The molecule has 2 heterocycles. The monoisotopic (exact) mass is 268 g/mol. The number of imidazole rings is 1. The van der Waals surface area contributed by atoms with Crippen molar-refractivity contribution in [1.82, 2.24) is 14.4 Å². The Bertz CT molecular complexity index is 743. The standard InChI is InChI=1S/C15H16N4O/c1-10-6-11(2)8-12(7-10)20-15-14-17-4-5-19(14)9-13(16-3)18-15/h4-9,16H,1-3H3. The average Bonchev–Trinajstić information content (AvgIpc) is 2.85. The van der Waals surface area contributed by atoms with Crippen molar-refractivity contribution in [2.75, 3.05) is 12.4 Å². The van der Waals surface area contributed by atoms with Crippen LogP contribution in [-0.4, -0.2) is 21.4 Å². The molecule has 0 fully saturated rings. The first-order chi connectivity index (χ1) is 9.65. The fourth-order valence-corrected chi connectivity index (χ4v) is 2.20. The molecule has 0 bridgehead atoms. The molecule has 0 atom stereocenters. The van der Waals surface area contributed by atoms with E-state index in [-0.39, 0.29) is 0 Å². The predicted molar refractivity (Wildman–Crippen MR) is 78.5 cm³/mol. The largest absolute Gasteiger partial charge is 0.436 e. The molecule has 0 amide bonds. The quantitative estimate of drug-likeness (QED) is 0.792. The summed E-state index contributed by atoms with van der Waals surface area (Å²) in [6.45, 7) is 4.09. The first kappa shape index (κ1) is 12.5. The molecule has 5 nitrogen and oxygen atoms in total. The maximum absolute atomic E-state index is 5.92. The Labute approximate surface area is 117 Å². The van der Waals surface area contributed by atoms with Crippen molar-refractivity contribution in [2.45, 2.75) is 13.8 Å². The van der Waals surface area contributed by atoms with Gasteiger partial charge < -0.3 is 10.1 Å². The van der Waals surface area contributed by atoms with E-state index in [0.29, 0.717) is 11.5 Å². The van der Waals surface area contributed by atoms with Crippen molar-refractivity contribution < 1.29 is 4.74 Å². The Morgan fingerprint density at radius 1 is 1.15 bits per heavy atom. The summed E-state index contributed by atoms with van der Waals surface area (Å²) in [6.07, 6.45) is 5.47. The van der Waals surface area contributed by atoms with E-state index in [1.807, 2.05) is 49.8 Å². The molecule has 5 heteroatoms. The first-order valence-electron chi connectivity index (χ1n) is 6.43. The molecule has 1 aromatic carbocycles. The van der Waals surface area contributed by atoms with Crippen molar-refractivity contribution in [3.8, 4) is 11.6 Å². The molecule has 2 aromatic heterocycles. The lowest BCUT2D eigenvalue weighted by molar-refractivity contribution is 0.465. The van der Waals surface area contributed by atoms with Gasteiger partial charge in [0.25, 0.3) is 5.88 Å². The summed E-state index contributed by atoms with van der Waals surface area (Å²) in [6, 6.07) is 6.08. The van der Waals surface area contributed by atoms with Gasteiger partial charge in [0.15, 0.2) is 0 Å². The smallest absolute Gasteiger partial charge is 0.265 e. The molecule has 0 radical (unpaired) electrons. The Balaban J connectivity index is 2.07. The second-order valence-electron chi connectivity index (χ2n) is 4.76. The van der Waals surface area contributed by atoms with E-state index in [1.165, 1.54) is 0 Å². The van der Waals surface area contributed by atoms with E-state index < -0.39 is 0 Å². The van der Waals surface area contributed by atoms with Gasteiger partial charge in [-0.3, -0.25) is 4.40 Å². The number of anilines is 1. The van der Waals surface area contributed by atoms with E-state index in [4.69, 9.17) is 4.74 Å². The summed E-state index contributed by atoms with van der Waals surface area (Å²) in [5.74, 6) is 2.00. The minimum absolute atomic E-state index is 0.492. The second kappa shape index (κ2) is 4.85. The number of aromatic nitrogens is 3. The highest BCUT2D eigenvalue weighted by molar-refractivity contribution is 5.55. The van der Waals surface area contributed by atoms with Crippen molar-refractivity contribution in [2.24, 2.45) is 0 Å². The van der Waals surface area contributed by atoms with Crippen LogP contribution in [0.4, 0.5) is 5.82 Å². The topological polar surface area (TPSA) is 51.5 Å². The van der Waals surface area contributed by atoms with Gasteiger partial charge in [-0.1, -0.05) is 6.07 Å². The van der Waals surface area contributed by atoms with Crippen LogP contribution in [0.3, 0.4) is 0 Å². The maximum Gasteiger partial charge on any atom is 0.265 e. The van der Waals surface area contributed by atoms with Gasteiger partial charge in [-0.05, 0) is 37.1 Å². The van der Waals surface area contributed by atoms with E-state index in [2.05, 4.69) is 21.4 Å². The number of fused-ring (bicyclic) bond motifs is 1. The fraction of sp³-hybridized carbons (Fsp3) is 0.200. The summed E-state index contributed by atoms with van der Waals surface area (Å²) >= 11 is 0. The molecule has 3 aromatic rings. The van der Waals surface area contributed by atoms with Gasteiger partial charge in [0.2, 0.25) is 5.65 Å². The lowest BCUT2D eigenvalue weighted by Gasteiger charge is -2.09. The Morgan fingerprint density at radius 2 is 1.90 bits per heavy atom. The number of hydrogen-bond acceptors (Lipinski definition) is 4. The Morgan fingerprint density at radius 3 is 2.60 bits per heavy atom. The van der Waals surface area contributed by atoms with Gasteiger partial charge in [-0.15, -0.1) is 0 Å². The molecule has 0 unspecified atom stereocenters. The van der Waals surface area contributed by atoms with Crippen LogP contribution in [0.15, 0.2) is 36.8 Å². The Kier molecular flexibility index (Phi) is 3.02. The highest BCUT2D eigenvalue weighted by Crippen LogP contribution is 2.26. The van der Waals surface area contributed by atoms with E-state index >= 15 is 0 Å². The Hall–Kier alpha value is -2.56. The third-order valence-corrected chi connectivity index (χ3v) is 3.01. The van der Waals surface area contributed by atoms with Crippen LogP contribution in [0.5, 0.6) is 11.6 Å². The third-order valence-electron chi connectivity index (χ3n) is 3.01. The molecule has 0 aliphatic rings. The number of nitrogens with zero attached hydrogens (tertiary/aromatic N) is 3. The van der Waals surface area contributed by atoms with E-state index in [1.54, 1.807) is 6.20 Å². The molecule has 3 rings (SSSR count). The fourth-order valence-electron chi connectivity index (χ4n) is 2.20. The summed E-state index contributed by atoms with van der Waals surface area (Å²) in [5.41, 5.74) is 3.01. The number of nitrogens with one attached hydrogen (secondary N) is 1. The zero-order valence-electron chi connectivity index (χ0n) is 11.7. The molecule has 0 aliphatic carbocycles. The molecule has 0 aliphatic heterocycles. The van der Waals surface area contributed by atoms with Gasteiger partial charge in [0, 0.05) is 19.4 Å². The van der Waals surface area contributed by atoms with Crippen LogP contribution in [-0.2, 0) is 0 Å². The van der Waals surface area contributed by atoms with E-state index in [0.717, 1.165) is 22.7 Å². The molecule has 1 N–H and O–H groups in total. The number of benzene rings is 1. The molecular weight excluding hydrogens is 252 g/mol. The highest BCUT2D eigenvalue weighted by Gasteiger charge is 2.10. The average molecular weight is 268 g/mol. The number of ether oxygens (including phenoxy) is 1. The summed E-state index contributed by atoms with van der Waals surface area (Å²) in [5, 5.41) is 3.02.